The third kappa shape index (κ3) is 5.08. The van der Waals surface area contributed by atoms with Crippen LogP contribution in [0.25, 0.3) is 0 Å². The van der Waals surface area contributed by atoms with E-state index in [1.165, 1.54) is 12.8 Å². The Labute approximate surface area is 111 Å². The lowest BCUT2D eigenvalue weighted by atomic mass is 10.2. The van der Waals surface area contributed by atoms with E-state index in [2.05, 4.69) is 60.8 Å². The van der Waals surface area contributed by atoms with E-state index in [0.717, 1.165) is 31.2 Å². The number of aryl methyl sites for hydroxylation is 2. The third-order valence-corrected chi connectivity index (χ3v) is 3.03. The van der Waals surface area contributed by atoms with E-state index in [-0.39, 0.29) is 0 Å². The van der Waals surface area contributed by atoms with E-state index in [9.17, 15) is 0 Å². The van der Waals surface area contributed by atoms with Crippen molar-refractivity contribution < 1.29 is 0 Å². The molecule has 104 valence electrons. The van der Waals surface area contributed by atoms with E-state index in [1.807, 2.05) is 0 Å². The van der Waals surface area contributed by atoms with Gasteiger partial charge in [-0.3, -0.25) is 0 Å². The Morgan fingerprint density at radius 2 is 2.17 bits per heavy atom. The van der Waals surface area contributed by atoms with Crippen molar-refractivity contribution >= 4 is 5.95 Å². The normalized spacial score (nSPS) is 13.0. The van der Waals surface area contributed by atoms with Crippen molar-refractivity contribution in [3.05, 3.63) is 11.9 Å². The van der Waals surface area contributed by atoms with Gasteiger partial charge in [0.05, 0.1) is 5.69 Å². The number of rotatable bonds is 8. The molecule has 0 saturated carbocycles. The highest BCUT2D eigenvalue weighted by atomic mass is 15.2. The highest BCUT2D eigenvalue weighted by Gasteiger charge is 2.09. The van der Waals surface area contributed by atoms with Gasteiger partial charge in [0.15, 0.2) is 0 Å². The highest BCUT2D eigenvalue weighted by Crippen LogP contribution is 2.12. The fourth-order valence-electron chi connectivity index (χ4n) is 1.91. The maximum absolute atomic E-state index is 4.57. The van der Waals surface area contributed by atoms with Gasteiger partial charge in [-0.05, 0) is 47.3 Å². The van der Waals surface area contributed by atoms with Crippen molar-refractivity contribution in [1.29, 1.82) is 0 Å². The van der Waals surface area contributed by atoms with Gasteiger partial charge in [0, 0.05) is 18.8 Å². The van der Waals surface area contributed by atoms with E-state index in [0.29, 0.717) is 6.04 Å². The van der Waals surface area contributed by atoms with Gasteiger partial charge >= 0.3 is 0 Å². The molecular weight excluding hydrogens is 224 g/mol. The maximum Gasteiger partial charge on any atom is 0.203 e. The van der Waals surface area contributed by atoms with Gasteiger partial charge < -0.3 is 14.8 Å². The molecule has 0 saturated heterocycles. The van der Waals surface area contributed by atoms with Gasteiger partial charge in [-0.25, -0.2) is 4.98 Å². The van der Waals surface area contributed by atoms with Crippen molar-refractivity contribution in [2.24, 2.45) is 0 Å². The van der Waals surface area contributed by atoms with Crippen molar-refractivity contribution in [2.75, 3.05) is 26.0 Å². The van der Waals surface area contributed by atoms with E-state index >= 15 is 0 Å². The molecule has 0 spiro atoms. The SMILES string of the molecule is CCCCn1cc(C)nc1NC(C)CCN(C)C. The van der Waals surface area contributed by atoms with Gasteiger partial charge in [-0.15, -0.1) is 0 Å². The number of imidazole rings is 1. The number of nitrogens with zero attached hydrogens (tertiary/aromatic N) is 3. The molecule has 1 atom stereocenters. The zero-order valence-corrected chi connectivity index (χ0v) is 12.5. The molecule has 0 amide bonds. The second-order valence-electron chi connectivity index (χ2n) is 5.39. The summed E-state index contributed by atoms with van der Waals surface area (Å²) in [5.41, 5.74) is 1.09. The summed E-state index contributed by atoms with van der Waals surface area (Å²) in [5, 5.41) is 3.52. The molecule has 1 rings (SSSR count). The van der Waals surface area contributed by atoms with E-state index in [4.69, 9.17) is 0 Å². The van der Waals surface area contributed by atoms with E-state index < -0.39 is 0 Å². The molecule has 4 nitrogen and oxygen atoms in total. The van der Waals surface area contributed by atoms with Gasteiger partial charge in [0.1, 0.15) is 0 Å². The van der Waals surface area contributed by atoms with Crippen LogP contribution in [0.4, 0.5) is 5.95 Å². The largest absolute Gasteiger partial charge is 0.353 e. The van der Waals surface area contributed by atoms with Gasteiger partial charge in [0.2, 0.25) is 5.95 Å². The Bertz CT molecular complexity index is 344. The first-order valence-electron chi connectivity index (χ1n) is 6.98. The molecule has 0 aliphatic rings. The first-order valence-corrected chi connectivity index (χ1v) is 6.98. The fraction of sp³-hybridized carbons (Fsp3) is 0.786. The molecule has 1 heterocycles. The number of anilines is 1. The summed E-state index contributed by atoms with van der Waals surface area (Å²) in [6.45, 7) is 8.65. The molecule has 0 radical (unpaired) electrons. The second kappa shape index (κ2) is 7.41. The first-order chi connectivity index (χ1) is 8.52. The molecule has 1 aromatic rings. The monoisotopic (exact) mass is 252 g/mol. The predicted molar refractivity (Wildman–Crippen MR) is 78.1 cm³/mol. The summed E-state index contributed by atoms with van der Waals surface area (Å²) in [7, 11) is 4.22. The smallest absolute Gasteiger partial charge is 0.203 e. The molecule has 0 fully saturated rings. The highest BCUT2D eigenvalue weighted by molar-refractivity contribution is 5.29. The minimum absolute atomic E-state index is 0.453. The number of unbranched alkanes of at least 4 members (excludes halogenated alkanes) is 1. The molecule has 0 aromatic carbocycles. The zero-order chi connectivity index (χ0) is 13.5. The fourth-order valence-corrected chi connectivity index (χ4v) is 1.91. The minimum Gasteiger partial charge on any atom is -0.353 e. The Morgan fingerprint density at radius 1 is 1.44 bits per heavy atom. The van der Waals surface area contributed by atoms with Crippen molar-refractivity contribution in [3.63, 3.8) is 0 Å². The third-order valence-electron chi connectivity index (χ3n) is 3.03. The quantitative estimate of drug-likeness (QED) is 0.772. The lowest BCUT2D eigenvalue weighted by Crippen LogP contribution is -2.24. The second-order valence-corrected chi connectivity index (χ2v) is 5.39. The summed E-state index contributed by atoms with van der Waals surface area (Å²) in [6, 6.07) is 0.453. The summed E-state index contributed by atoms with van der Waals surface area (Å²) in [6.07, 6.45) is 5.69. The van der Waals surface area contributed by atoms with Crippen LogP contribution in [0.2, 0.25) is 0 Å². The lowest BCUT2D eigenvalue weighted by Gasteiger charge is -2.18. The number of hydrogen-bond acceptors (Lipinski definition) is 3. The Morgan fingerprint density at radius 3 is 2.78 bits per heavy atom. The van der Waals surface area contributed by atoms with Crippen LogP contribution in [0.1, 0.15) is 38.8 Å². The van der Waals surface area contributed by atoms with Gasteiger partial charge in [-0.2, -0.15) is 0 Å². The average molecular weight is 252 g/mol. The molecule has 1 unspecified atom stereocenters. The Hall–Kier alpha value is -1.03. The molecule has 0 aliphatic heterocycles. The standard InChI is InChI=1S/C14H28N4/c1-6-7-9-18-11-13(3)16-14(18)15-12(2)8-10-17(4)5/h11-12H,6-10H2,1-5H3,(H,15,16). The van der Waals surface area contributed by atoms with Crippen LogP contribution < -0.4 is 5.32 Å². The Kier molecular flexibility index (Phi) is 6.19. The van der Waals surface area contributed by atoms with Gasteiger partial charge in [0.25, 0.3) is 0 Å². The number of aromatic nitrogens is 2. The van der Waals surface area contributed by atoms with Crippen LogP contribution in [-0.2, 0) is 6.54 Å². The molecule has 0 aliphatic carbocycles. The average Bonchev–Trinajstić information content (AvgIpc) is 2.64. The summed E-state index contributed by atoms with van der Waals surface area (Å²) < 4.78 is 2.24. The molecule has 1 aromatic heterocycles. The summed E-state index contributed by atoms with van der Waals surface area (Å²) in [5.74, 6) is 1.02. The van der Waals surface area contributed by atoms with Crippen LogP contribution in [0, 0.1) is 6.92 Å². The van der Waals surface area contributed by atoms with Gasteiger partial charge in [-0.1, -0.05) is 13.3 Å². The molecular formula is C14H28N4. The molecule has 4 heteroatoms. The minimum atomic E-state index is 0.453. The maximum atomic E-state index is 4.57. The Balaban J connectivity index is 2.54. The number of hydrogen-bond donors (Lipinski definition) is 1. The number of nitrogens with one attached hydrogen (secondary N) is 1. The molecule has 18 heavy (non-hydrogen) atoms. The first kappa shape index (κ1) is 15.0. The van der Waals surface area contributed by atoms with Crippen LogP contribution >= 0.6 is 0 Å². The lowest BCUT2D eigenvalue weighted by molar-refractivity contribution is 0.390. The van der Waals surface area contributed by atoms with Crippen LogP contribution in [0.5, 0.6) is 0 Å². The topological polar surface area (TPSA) is 33.1 Å². The van der Waals surface area contributed by atoms with E-state index in [1.54, 1.807) is 0 Å². The van der Waals surface area contributed by atoms with Crippen molar-refractivity contribution in [2.45, 2.75) is 52.6 Å². The summed E-state index contributed by atoms with van der Waals surface area (Å²) in [4.78, 5) is 6.78. The zero-order valence-electron chi connectivity index (χ0n) is 12.5. The predicted octanol–water partition coefficient (Wildman–Crippen LogP) is 2.74. The molecule has 1 N–H and O–H groups in total. The summed E-state index contributed by atoms with van der Waals surface area (Å²) >= 11 is 0. The van der Waals surface area contributed by atoms with Crippen molar-refractivity contribution in [3.8, 4) is 0 Å². The van der Waals surface area contributed by atoms with Crippen LogP contribution in [0.3, 0.4) is 0 Å². The van der Waals surface area contributed by atoms with Crippen molar-refractivity contribution in [1.82, 2.24) is 14.5 Å². The van der Waals surface area contributed by atoms with Crippen LogP contribution in [-0.4, -0.2) is 41.1 Å². The molecule has 0 bridgehead atoms. The van der Waals surface area contributed by atoms with Crippen LogP contribution in [0.15, 0.2) is 6.20 Å².